The van der Waals surface area contributed by atoms with Gasteiger partial charge in [-0.05, 0) is 35.7 Å². The lowest BCUT2D eigenvalue weighted by Gasteiger charge is -2.34. The molecule has 0 aliphatic carbocycles. The van der Waals surface area contributed by atoms with Gasteiger partial charge in [0.05, 0.1) is 5.52 Å². The molecule has 0 saturated carbocycles. The van der Waals surface area contributed by atoms with Crippen molar-refractivity contribution >= 4 is 40.2 Å². The monoisotopic (exact) mass is 503 g/mol. The fourth-order valence-electron chi connectivity index (χ4n) is 4.73. The summed E-state index contributed by atoms with van der Waals surface area (Å²) in [5.41, 5.74) is 2.83. The molecule has 186 valence electrons. The van der Waals surface area contributed by atoms with E-state index in [1.165, 1.54) is 0 Å². The molecule has 4 heterocycles. The minimum Gasteiger partial charge on any atom is -0.338 e. The van der Waals surface area contributed by atoms with Gasteiger partial charge in [0.25, 0.3) is 5.91 Å². The van der Waals surface area contributed by atoms with Gasteiger partial charge in [0.1, 0.15) is 12.0 Å². The van der Waals surface area contributed by atoms with Gasteiger partial charge in [-0.2, -0.15) is 5.10 Å². The largest absolute Gasteiger partial charge is 0.338 e. The molecule has 6 rings (SSSR count). The van der Waals surface area contributed by atoms with Crippen molar-refractivity contribution in [3.63, 3.8) is 0 Å². The molecule has 1 aromatic heterocycles. The van der Waals surface area contributed by atoms with Gasteiger partial charge in [-0.3, -0.25) is 19.6 Å². The number of fused-ring (bicyclic) bond motifs is 1. The van der Waals surface area contributed by atoms with Gasteiger partial charge in [0.15, 0.2) is 0 Å². The molecule has 3 aliphatic rings. The number of nitrogens with one attached hydrogen (secondary N) is 2. The van der Waals surface area contributed by atoms with Crippen molar-refractivity contribution in [2.75, 3.05) is 44.2 Å². The SMILES string of the molecule is O=C(Cn1cc2cc(N3C=CSC3NC3CNC3)ccc2n1)N1CCN(C(=O)c2ccccc2)CC1. The van der Waals surface area contributed by atoms with Crippen molar-refractivity contribution in [3.8, 4) is 0 Å². The molecular weight excluding hydrogens is 474 g/mol. The number of rotatable bonds is 6. The van der Waals surface area contributed by atoms with Gasteiger partial charge in [0, 0.05) is 74.3 Å². The van der Waals surface area contributed by atoms with E-state index >= 15 is 0 Å². The highest BCUT2D eigenvalue weighted by Gasteiger charge is 2.28. The quantitative estimate of drug-likeness (QED) is 0.531. The van der Waals surface area contributed by atoms with Crippen LogP contribution in [0.4, 0.5) is 5.69 Å². The van der Waals surface area contributed by atoms with E-state index in [1.54, 1.807) is 16.4 Å². The summed E-state index contributed by atoms with van der Waals surface area (Å²) in [5.74, 6) is 0.0388. The Labute approximate surface area is 214 Å². The van der Waals surface area contributed by atoms with E-state index in [0.717, 1.165) is 29.7 Å². The third-order valence-corrected chi connectivity index (χ3v) is 7.81. The second-order valence-corrected chi connectivity index (χ2v) is 10.3. The topological polar surface area (TPSA) is 85.7 Å². The minimum atomic E-state index is 0.0184. The molecule has 2 saturated heterocycles. The van der Waals surface area contributed by atoms with Crippen molar-refractivity contribution in [3.05, 3.63) is 71.9 Å². The first-order valence-electron chi connectivity index (χ1n) is 12.3. The highest BCUT2D eigenvalue weighted by Crippen LogP contribution is 2.31. The minimum absolute atomic E-state index is 0.0184. The Balaban J connectivity index is 1.07. The molecule has 0 radical (unpaired) electrons. The molecule has 9 nitrogen and oxygen atoms in total. The summed E-state index contributed by atoms with van der Waals surface area (Å²) in [6, 6.07) is 16.0. The predicted molar refractivity (Wildman–Crippen MR) is 141 cm³/mol. The number of benzene rings is 2. The maximum Gasteiger partial charge on any atom is 0.253 e. The first-order chi connectivity index (χ1) is 17.6. The predicted octanol–water partition coefficient (Wildman–Crippen LogP) is 1.89. The summed E-state index contributed by atoms with van der Waals surface area (Å²) in [7, 11) is 0. The van der Waals surface area contributed by atoms with E-state index in [9.17, 15) is 9.59 Å². The molecule has 1 atom stereocenters. The van der Waals surface area contributed by atoms with Crippen LogP contribution in [0.2, 0.25) is 0 Å². The lowest BCUT2D eigenvalue weighted by Crippen LogP contribution is -2.59. The van der Waals surface area contributed by atoms with Crippen LogP contribution in [0.15, 0.2) is 66.3 Å². The molecule has 3 aliphatic heterocycles. The fraction of sp³-hybridized carbons (Fsp3) is 0.346. The number of aromatic nitrogens is 2. The van der Waals surface area contributed by atoms with Crippen molar-refractivity contribution < 1.29 is 9.59 Å². The zero-order chi connectivity index (χ0) is 24.5. The van der Waals surface area contributed by atoms with Gasteiger partial charge in [-0.15, -0.1) is 0 Å². The highest BCUT2D eigenvalue weighted by molar-refractivity contribution is 8.03. The summed E-state index contributed by atoms with van der Waals surface area (Å²) in [4.78, 5) is 31.5. The Hall–Kier alpha value is -3.34. The summed E-state index contributed by atoms with van der Waals surface area (Å²) < 4.78 is 1.72. The molecule has 2 amide bonds. The van der Waals surface area contributed by atoms with E-state index in [4.69, 9.17) is 0 Å². The van der Waals surface area contributed by atoms with E-state index in [2.05, 4.69) is 44.4 Å². The van der Waals surface area contributed by atoms with Crippen molar-refractivity contribution in [1.29, 1.82) is 0 Å². The van der Waals surface area contributed by atoms with E-state index in [1.807, 2.05) is 52.4 Å². The molecule has 36 heavy (non-hydrogen) atoms. The van der Waals surface area contributed by atoms with E-state index in [-0.39, 0.29) is 23.9 Å². The third kappa shape index (κ3) is 4.71. The molecule has 2 N–H and O–H groups in total. The molecule has 3 aromatic rings. The van der Waals surface area contributed by atoms with Crippen molar-refractivity contribution in [2.24, 2.45) is 0 Å². The number of anilines is 1. The van der Waals surface area contributed by atoms with Crippen LogP contribution in [0.3, 0.4) is 0 Å². The van der Waals surface area contributed by atoms with Crippen LogP contribution in [-0.2, 0) is 11.3 Å². The zero-order valence-electron chi connectivity index (χ0n) is 19.9. The number of nitrogens with zero attached hydrogens (tertiary/aromatic N) is 5. The molecule has 0 spiro atoms. The van der Waals surface area contributed by atoms with Gasteiger partial charge in [-0.1, -0.05) is 30.0 Å². The number of carbonyl (C=O) groups is 2. The number of carbonyl (C=O) groups excluding carboxylic acids is 2. The average Bonchev–Trinajstić information content (AvgIpc) is 3.52. The Morgan fingerprint density at radius 2 is 1.81 bits per heavy atom. The maximum atomic E-state index is 13.0. The molecule has 1 unspecified atom stereocenters. The summed E-state index contributed by atoms with van der Waals surface area (Å²) >= 11 is 1.77. The normalized spacial score (nSPS) is 20.2. The maximum absolute atomic E-state index is 13.0. The number of thioether (sulfide) groups is 1. The summed E-state index contributed by atoms with van der Waals surface area (Å²) in [6.45, 7) is 4.34. The van der Waals surface area contributed by atoms with Crippen LogP contribution in [0.1, 0.15) is 10.4 Å². The van der Waals surface area contributed by atoms with E-state index < -0.39 is 0 Å². The van der Waals surface area contributed by atoms with Crippen LogP contribution in [0.5, 0.6) is 0 Å². The van der Waals surface area contributed by atoms with Gasteiger partial charge >= 0.3 is 0 Å². The smallest absolute Gasteiger partial charge is 0.253 e. The second-order valence-electron chi connectivity index (χ2n) is 9.31. The van der Waals surface area contributed by atoms with Crippen molar-refractivity contribution in [2.45, 2.75) is 18.1 Å². The first-order valence-corrected chi connectivity index (χ1v) is 13.2. The Bertz CT molecular complexity index is 1280. The van der Waals surface area contributed by atoms with Gasteiger partial charge < -0.3 is 20.0 Å². The summed E-state index contributed by atoms with van der Waals surface area (Å²) in [5, 5.41) is 14.7. The summed E-state index contributed by atoms with van der Waals surface area (Å²) in [6.07, 6.45) is 4.04. The number of hydrogen-bond acceptors (Lipinski definition) is 7. The average molecular weight is 504 g/mol. The van der Waals surface area contributed by atoms with E-state index in [0.29, 0.717) is 37.8 Å². The van der Waals surface area contributed by atoms with Gasteiger partial charge in [0.2, 0.25) is 5.91 Å². The number of piperazine rings is 1. The Kier molecular flexibility index (Phi) is 6.39. The van der Waals surface area contributed by atoms with Crippen LogP contribution < -0.4 is 15.5 Å². The van der Waals surface area contributed by atoms with Crippen LogP contribution in [0, 0.1) is 0 Å². The van der Waals surface area contributed by atoms with Crippen LogP contribution in [-0.4, -0.2) is 82.2 Å². The van der Waals surface area contributed by atoms with Gasteiger partial charge in [-0.25, -0.2) is 0 Å². The molecule has 2 aromatic carbocycles. The molecule has 10 heteroatoms. The number of amides is 2. The Morgan fingerprint density at radius 1 is 1.03 bits per heavy atom. The lowest BCUT2D eigenvalue weighted by atomic mass is 10.2. The molecular formula is C26H29N7O2S. The molecule has 2 fully saturated rings. The first kappa shape index (κ1) is 23.1. The fourth-order valence-corrected chi connectivity index (χ4v) is 5.68. The zero-order valence-corrected chi connectivity index (χ0v) is 20.7. The van der Waals surface area contributed by atoms with Crippen LogP contribution >= 0.6 is 11.8 Å². The number of hydrogen-bond donors (Lipinski definition) is 2. The highest BCUT2D eigenvalue weighted by atomic mass is 32.2. The third-order valence-electron chi connectivity index (χ3n) is 6.91. The second kappa shape index (κ2) is 9.96. The van der Waals surface area contributed by atoms with Crippen molar-refractivity contribution in [1.82, 2.24) is 30.2 Å². The standard InChI is InChI=1S/C26H29N7O2S/c34-24(30-8-10-31(11-9-30)25(35)19-4-2-1-3-5-19)18-32-17-20-14-22(6-7-23(20)29-32)33-12-13-36-26(33)28-21-15-27-16-21/h1-7,12-14,17,21,26-28H,8-11,15-16,18H2. The Morgan fingerprint density at radius 3 is 2.56 bits per heavy atom. The molecule has 0 bridgehead atoms. The lowest BCUT2D eigenvalue weighted by molar-refractivity contribution is -0.133. The van der Waals surface area contributed by atoms with Crippen LogP contribution in [0.25, 0.3) is 10.9 Å².